The van der Waals surface area contributed by atoms with Crippen LogP contribution in [0.4, 0.5) is 5.82 Å². The summed E-state index contributed by atoms with van der Waals surface area (Å²) < 4.78 is 0. The molecule has 1 aliphatic rings. The molecule has 2 N–H and O–H groups in total. The molecule has 0 bridgehead atoms. The molecule has 1 saturated heterocycles. The first-order valence-electron chi connectivity index (χ1n) is 8.30. The van der Waals surface area contributed by atoms with Gasteiger partial charge in [-0.05, 0) is 48.6 Å². The van der Waals surface area contributed by atoms with E-state index in [0.29, 0.717) is 11.5 Å². The number of hydrogen-bond acceptors (Lipinski definition) is 4. The van der Waals surface area contributed by atoms with E-state index in [1.165, 1.54) is 6.08 Å². The largest absolute Gasteiger partial charge is 0.478 e. The number of carbonyl (C=O) groups is 1. The quantitative estimate of drug-likeness (QED) is 0.589. The number of aliphatic carboxylic acids is 1. The van der Waals surface area contributed by atoms with Gasteiger partial charge in [-0.25, -0.2) is 9.78 Å². The number of carboxylic acid groups (broad SMARTS) is 1. The van der Waals surface area contributed by atoms with Crippen molar-refractivity contribution in [3.8, 4) is 0 Å². The van der Waals surface area contributed by atoms with Gasteiger partial charge in [0.25, 0.3) is 0 Å². The molecular formula is C20H24N2O3. The van der Waals surface area contributed by atoms with Crippen molar-refractivity contribution in [3.05, 3.63) is 66.9 Å². The second-order valence-electron chi connectivity index (χ2n) is 6.04. The number of aliphatic hydroxyl groups excluding tert-OH is 1. The Kier molecular flexibility index (Phi) is 6.71. The maximum Gasteiger partial charge on any atom is 0.328 e. The lowest BCUT2D eigenvalue weighted by atomic mass is 9.98. The summed E-state index contributed by atoms with van der Waals surface area (Å²) in [5, 5.41) is 17.9. The number of aromatic nitrogens is 1. The van der Waals surface area contributed by atoms with Gasteiger partial charge in [0.15, 0.2) is 0 Å². The Labute approximate surface area is 148 Å². The van der Waals surface area contributed by atoms with Gasteiger partial charge in [-0.3, -0.25) is 0 Å². The highest BCUT2D eigenvalue weighted by Gasteiger charge is 2.19. The molecule has 5 heteroatoms. The van der Waals surface area contributed by atoms with Crippen LogP contribution in [-0.4, -0.2) is 40.9 Å². The zero-order valence-corrected chi connectivity index (χ0v) is 14.3. The van der Waals surface area contributed by atoms with Gasteiger partial charge in [0.2, 0.25) is 0 Å². The lowest BCUT2D eigenvalue weighted by Crippen LogP contribution is -2.35. The monoisotopic (exact) mass is 340 g/mol. The summed E-state index contributed by atoms with van der Waals surface area (Å²) in [6.07, 6.45) is 7.86. The maximum absolute atomic E-state index is 10.6. The number of nitrogens with zero attached hydrogens (tertiary/aromatic N) is 2. The van der Waals surface area contributed by atoms with Crippen molar-refractivity contribution in [1.29, 1.82) is 0 Å². The van der Waals surface area contributed by atoms with Crippen molar-refractivity contribution < 1.29 is 15.0 Å². The number of hydrogen-bond donors (Lipinski definition) is 2. The fourth-order valence-electron chi connectivity index (χ4n) is 2.77. The maximum atomic E-state index is 10.6. The molecule has 0 amide bonds. The highest BCUT2D eigenvalue weighted by molar-refractivity contribution is 5.81. The van der Waals surface area contributed by atoms with Crippen LogP contribution in [0.3, 0.4) is 0 Å². The number of carboxylic acids is 1. The second kappa shape index (κ2) is 8.99. The van der Waals surface area contributed by atoms with Crippen molar-refractivity contribution in [2.45, 2.75) is 12.8 Å². The van der Waals surface area contributed by atoms with Gasteiger partial charge in [-0.2, -0.15) is 0 Å². The Hall–Kier alpha value is -2.66. The average Bonchev–Trinajstić information content (AvgIpc) is 2.64. The third kappa shape index (κ3) is 5.43. The number of anilines is 1. The molecule has 132 valence electrons. The number of pyridine rings is 1. The molecule has 0 atom stereocenters. The van der Waals surface area contributed by atoms with Crippen molar-refractivity contribution in [2.24, 2.45) is 5.92 Å². The van der Waals surface area contributed by atoms with Gasteiger partial charge < -0.3 is 15.1 Å². The van der Waals surface area contributed by atoms with E-state index in [1.54, 1.807) is 12.2 Å². The summed E-state index contributed by atoms with van der Waals surface area (Å²) >= 11 is 0. The number of rotatable bonds is 7. The van der Waals surface area contributed by atoms with Crippen LogP contribution in [0, 0.1) is 5.92 Å². The predicted octanol–water partition coefficient (Wildman–Crippen LogP) is 3.06. The molecule has 1 aliphatic heterocycles. The van der Waals surface area contributed by atoms with Crippen LogP contribution in [0.25, 0.3) is 5.57 Å². The number of allylic oxidation sites excluding steroid dienone is 5. The zero-order chi connectivity index (χ0) is 18.2. The zero-order valence-electron chi connectivity index (χ0n) is 14.3. The van der Waals surface area contributed by atoms with Crippen LogP contribution in [0.15, 0.2) is 61.2 Å². The fraction of sp³-hybridized carbons (Fsp3) is 0.300. The molecule has 0 aliphatic carbocycles. The van der Waals surface area contributed by atoms with Gasteiger partial charge in [0, 0.05) is 31.3 Å². The SMILES string of the molecule is C=C/C(=C\C(=C)/C=C/C(=O)O)c1cccc(N2CCC(CO)CC2)n1. The molecule has 25 heavy (non-hydrogen) atoms. The average molecular weight is 340 g/mol. The smallest absolute Gasteiger partial charge is 0.328 e. The standard InChI is InChI=1S/C20H24N2O3/c1-3-17(13-15(2)7-8-20(24)25)18-5-4-6-19(21-18)22-11-9-16(14-23)10-12-22/h3-8,13,16,23H,1-2,9-12,14H2,(H,24,25)/b8-7+,17-13+. The third-order valence-electron chi connectivity index (χ3n) is 4.23. The van der Waals surface area contributed by atoms with Crippen LogP contribution in [0.1, 0.15) is 18.5 Å². The predicted molar refractivity (Wildman–Crippen MR) is 100 cm³/mol. The van der Waals surface area contributed by atoms with E-state index in [1.807, 2.05) is 18.2 Å². The summed E-state index contributed by atoms with van der Waals surface area (Å²) in [7, 11) is 0. The van der Waals surface area contributed by atoms with E-state index in [4.69, 9.17) is 10.1 Å². The second-order valence-corrected chi connectivity index (χ2v) is 6.04. The minimum Gasteiger partial charge on any atom is -0.478 e. The number of aliphatic hydroxyl groups is 1. The Morgan fingerprint density at radius 3 is 2.64 bits per heavy atom. The molecule has 0 spiro atoms. The van der Waals surface area contributed by atoms with Crippen LogP contribution in [0.2, 0.25) is 0 Å². The van der Waals surface area contributed by atoms with Crippen LogP contribution in [0.5, 0.6) is 0 Å². The molecule has 0 aromatic carbocycles. The van der Waals surface area contributed by atoms with E-state index in [9.17, 15) is 9.90 Å². The fourth-order valence-corrected chi connectivity index (χ4v) is 2.77. The molecular weight excluding hydrogens is 316 g/mol. The van der Waals surface area contributed by atoms with Gasteiger partial charge in [0.05, 0.1) is 5.69 Å². The summed E-state index contributed by atoms with van der Waals surface area (Å²) in [5.41, 5.74) is 2.11. The van der Waals surface area contributed by atoms with Gasteiger partial charge in [-0.1, -0.05) is 25.3 Å². The summed E-state index contributed by atoms with van der Waals surface area (Å²) in [6.45, 7) is 9.65. The minimum atomic E-state index is -1.01. The molecule has 5 nitrogen and oxygen atoms in total. The lowest BCUT2D eigenvalue weighted by Gasteiger charge is -2.32. The van der Waals surface area contributed by atoms with E-state index < -0.39 is 5.97 Å². The first-order chi connectivity index (χ1) is 12.0. The summed E-state index contributed by atoms with van der Waals surface area (Å²) in [6, 6.07) is 5.82. The van der Waals surface area contributed by atoms with Crippen molar-refractivity contribution in [3.63, 3.8) is 0 Å². The minimum absolute atomic E-state index is 0.247. The highest BCUT2D eigenvalue weighted by atomic mass is 16.4. The van der Waals surface area contributed by atoms with Crippen molar-refractivity contribution >= 4 is 17.4 Å². The molecule has 0 radical (unpaired) electrons. The van der Waals surface area contributed by atoms with Crippen molar-refractivity contribution in [1.82, 2.24) is 4.98 Å². The molecule has 0 unspecified atom stereocenters. The van der Waals surface area contributed by atoms with E-state index in [-0.39, 0.29) is 6.61 Å². The topological polar surface area (TPSA) is 73.7 Å². The molecule has 1 fully saturated rings. The summed E-state index contributed by atoms with van der Waals surface area (Å²) in [4.78, 5) is 17.5. The highest BCUT2D eigenvalue weighted by Crippen LogP contribution is 2.24. The number of piperidine rings is 1. The van der Waals surface area contributed by atoms with E-state index >= 15 is 0 Å². The lowest BCUT2D eigenvalue weighted by molar-refractivity contribution is -0.131. The first-order valence-corrected chi connectivity index (χ1v) is 8.30. The van der Waals surface area contributed by atoms with Crippen LogP contribution < -0.4 is 4.90 Å². The molecule has 2 rings (SSSR count). The van der Waals surface area contributed by atoms with Gasteiger partial charge >= 0.3 is 5.97 Å². The van der Waals surface area contributed by atoms with Gasteiger partial charge in [0.1, 0.15) is 5.82 Å². The van der Waals surface area contributed by atoms with Crippen molar-refractivity contribution in [2.75, 3.05) is 24.6 Å². The molecule has 0 saturated carbocycles. The Morgan fingerprint density at radius 1 is 1.32 bits per heavy atom. The van der Waals surface area contributed by atoms with E-state index in [2.05, 4.69) is 18.1 Å². The molecule has 2 heterocycles. The van der Waals surface area contributed by atoms with Crippen LogP contribution >= 0.6 is 0 Å². The molecule has 1 aromatic heterocycles. The Morgan fingerprint density at radius 2 is 2.04 bits per heavy atom. The Balaban J connectivity index is 2.17. The molecule has 1 aromatic rings. The first kappa shape index (κ1) is 18.7. The van der Waals surface area contributed by atoms with Gasteiger partial charge in [-0.15, -0.1) is 0 Å². The normalized spacial score (nSPS) is 16.2. The van der Waals surface area contributed by atoms with E-state index in [0.717, 1.165) is 49.1 Å². The Bertz CT molecular complexity index is 699. The summed E-state index contributed by atoms with van der Waals surface area (Å²) in [5.74, 6) is 0.266. The third-order valence-corrected chi connectivity index (χ3v) is 4.23. The van der Waals surface area contributed by atoms with Crippen LogP contribution in [-0.2, 0) is 4.79 Å².